The maximum absolute atomic E-state index is 12.2. The fourth-order valence-corrected chi connectivity index (χ4v) is 3.05. The van der Waals surface area contributed by atoms with E-state index >= 15 is 0 Å². The van der Waals surface area contributed by atoms with Crippen LogP contribution in [0.1, 0.15) is 34.3 Å². The molecule has 0 aromatic heterocycles. The van der Waals surface area contributed by atoms with E-state index in [2.05, 4.69) is 24.3 Å². The van der Waals surface area contributed by atoms with Gasteiger partial charge in [-0.15, -0.1) is 10.3 Å². The zero-order chi connectivity index (χ0) is 10.7. The molecule has 0 fully saturated rings. The average molecular weight is 208 g/mol. The summed E-state index contributed by atoms with van der Waals surface area (Å²) >= 11 is 0. The summed E-state index contributed by atoms with van der Waals surface area (Å²) in [6.45, 7) is 0. The van der Waals surface area contributed by atoms with Gasteiger partial charge >= 0.3 is 0 Å². The third-order valence-electron chi connectivity index (χ3n) is 3.68. The zero-order valence-corrected chi connectivity index (χ0v) is 8.63. The lowest BCUT2D eigenvalue weighted by molar-refractivity contribution is -0.181. The van der Waals surface area contributed by atoms with Crippen molar-refractivity contribution in [3.63, 3.8) is 0 Å². The van der Waals surface area contributed by atoms with Crippen LogP contribution >= 0.6 is 0 Å². The third-order valence-corrected chi connectivity index (χ3v) is 3.68. The third kappa shape index (κ3) is 0.811. The largest absolute Gasteiger partial charge is 0.131 e. The van der Waals surface area contributed by atoms with E-state index in [0.29, 0.717) is 0 Å². The molecule has 0 saturated carbocycles. The molecule has 2 aromatic rings. The molecule has 2 aliphatic heterocycles. The van der Waals surface area contributed by atoms with Crippen molar-refractivity contribution in [2.45, 2.75) is 12.1 Å². The lowest BCUT2D eigenvalue weighted by atomic mass is 9.86. The summed E-state index contributed by atoms with van der Waals surface area (Å²) in [5.74, 6) is 0. The van der Waals surface area contributed by atoms with Gasteiger partial charge < -0.3 is 0 Å². The molecule has 0 atom stereocenters. The highest BCUT2D eigenvalue weighted by molar-refractivity contribution is 5.56. The first kappa shape index (κ1) is 8.50. The molecule has 0 unspecified atom stereocenters. The van der Waals surface area contributed by atoms with Gasteiger partial charge in [-0.25, -0.2) is 0 Å². The quantitative estimate of drug-likeness (QED) is 0.652. The van der Waals surface area contributed by atoms with E-state index in [1.54, 1.807) is 0 Å². The minimum atomic E-state index is -0.0719. The Kier molecular flexibility index (Phi) is 1.45. The molecule has 1 radical (unpaired) electrons. The number of nitrogens with zero attached hydrogens (tertiary/aromatic N) is 1. The van der Waals surface area contributed by atoms with Gasteiger partial charge in [-0.3, -0.25) is 0 Å². The minimum Gasteiger partial charge on any atom is -0.131 e. The Bertz CT molecular complexity index is 481. The second-order valence-electron chi connectivity index (χ2n) is 4.42. The Morgan fingerprint density at radius 1 is 0.688 bits per heavy atom. The van der Waals surface area contributed by atoms with Crippen molar-refractivity contribution in [1.82, 2.24) is 5.06 Å². The van der Waals surface area contributed by atoms with E-state index in [0.717, 1.165) is 0 Å². The van der Waals surface area contributed by atoms with Crippen LogP contribution < -0.4 is 0 Å². The van der Waals surface area contributed by atoms with Crippen LogP contribution in [0.3, 0.4) is 0 Å². The SMILES string of the molecule is [O]N1C2c3ccccc3C1c1ccccc12. The Labute approximate surface area is 93.7 Å². The Morgan fingerprint density at radius 3 is 1.31 bits per heavy atom. The first-order chi connectivity index (χ1) is 7.88. The van der Waals surface area contributed by atoms with Gasteiger partial charge in [0.1, 0.15) is 0 Å². The smallest absolute Gasteiger partial charge is 0.0900 e. The molecule has 2 nitrogen and oxygen atoms in total. The zero-order valence-electron chi connectivity index (χ0n) is 8.63. The normalized spacial score (nSPS) is 25.6. The van der Waals surface area contributed by atoms with E-state index in [4.69, 9.17) is 0 Å². The fraction of sp³-hybridized carbons (Fsp3) is 0.143. The van der Waals surface area contributed by atoms with Crippen LogP contribution in [-0.4, -0.2) is 5.06 Å². The van der Waals surface area contributed by atoms with Crippen LogP contribution in [0.2, 0.25) is 0 Å². The molecule has 0 amide bonds. The van der Waals surface area contributed by atoms with Crippen molar-refractivity contribution in [2.75, 3.05) is 0 Å². The van der Waals surface area contributed by atoms with Crippen LogP contribution in [0.25, 0.3) is 0 Å². The number of benzene rings is 2. The number of hydroxylamine groups is 2. The Balaban J connectivity index is 2.04. The highest BCUT2D eigenvalue weighted by atomic mass is 16.5. The summed E-state index contributed by atoms with van der Waals surface area (Å²) in [5.41, 5.74) is 4.73. The number of hydrogen-bond donors (Lipinski definition) is 0. The molecule has 0 N–H and O–H groups in total. The summed E-state index contributed by atoms with van der Waals surface area (Å²) in [5, 5.41) is 13.4. The van der Waals surface area contributed by atoms with Gasteiger partial charge in [0.2, 0.25) is 0 Å². The number of hydrogen-bond acceptors (Lipinski definition) is 1. The Hall–Kier alpha value is -1.64. The monoisotopic (exact) mass is 208 g/mol. The highest BCUT2D eigenvalue weighted by Crippen LogP contribution is 2.54. The molecule has 4 rings (SSSR count). The predicted molar refractivity (Wildman–Crippen MR) is 59.1 cm³/mol. The molecule has 0 aliphatic carbocycles. The van der Waals surface area contributed by atoms with E-state index < -0.39 is 0 Å². The van der Waals surface area contributed by atoms with Crippen molar-refractivity contribution in [2.24, 2.45) is 0 Å². The molecular formula is C14H10NO. The molecule has 2 heteroatoms. The standard InChI is InChI=1S/C14H10NO/c16-15-13-9-5-1-2-6-10(9)14(15)12-8-4-3-7-11(12)13/h1-8,13-14H. The number of fused-ring (bicyclic) bond motifs is 8. The molecule has 2 aliphatic rings. The van der Waals surface area contributed by atoms with E-state index in [-0.39, 0.29) is 12.1 Å². The van der Waals surface area contributed by atoms with Gasteiger partial charge in [0.25, 0.3) is 0 Å². The van der Waals surface area contributed by atoms with Crippen molar-refractivity contribution in [1.29, 1.82) is 0 Å². The molecule has 0 spiro atoms. The first-order valence-corrected chi connectivity index (χ1v) is 5.51. The van der Waals surface area contributed by atoms with Crippen LogP contribution in [-0.2, 0) is 5.21 Å². The molecular weight excluding hydrogens is 198 g/mol. The summed E-state index contributed by atoms with van der Waals surface area (Å²) in [7, 11) is 0. The minimum absolute atomic E-state index is 0.0719. The van der Waals surface area contributed by atoms with Gasteiger partial charge in [-0.2, -0.15) is 0 Å². The van der Waals surface area contributed by atoms with Gasteiger partial charge in [0.15, 0.2) is 0 Å². The van der Waals surface area contributed by atoms with E-state index in [9.17, 15) is 5.21 Å². The molecule has 77 valence electrons. The van der Waals surface area contributed by atoms with Crippen molar-refractivity contribution < 1.29 is 5.21 Å². The predicted octanol–water partition coefficient (Wildman–Crippen LogP) is 2.84. The van der Waals surface area contributed by atoms with Crippen molar-refractivity contribution in [3.8, 4) is 0 Å². The maximum atomic E-state index is 12.2. The van der Waals surface area contributed by atoms with Crippen molar-refractivity contribution >= 4 is 0 Å². The molecule has 2 heterocycles. The van der Waals surface area contributed by atoms with Crippen LogP contribution in [0.15, 0.2) is 48.5 Å². The van der Waals surface area contributed by atoms with Crippen LogP contribution in [0.4, 0.5) is 0 Å². The van der Waals surface area contributed by atoms with E-state index in [1.807, 2.05) is 24.3 Å². The van der Waals surface area contributed by atoms with Gasteiger partial charge in [-0.05, 0) is 22.3 Å². The molecule has 2 bridgehead atoms. The molecule has 2 aromatic carbocycles. The first-order valence-electron chi connectivity index (χ1n) is 5.51. The molecule has 16 heavy (non-hydrogen) atoms. The Morgan fingerprint density at radius 2 is 1.00 bits per heavy atom. The molecule has 0 saturated heterocycles. The summed E-state index contributed by atoms with van der Waals surface area (Å²) in [4.78, 5) is 0. The van der Waals surface area contributed by atoms with Crippen LogP contribution in [0.5, 0.6) is 0 Å². The lowest BCUT2D eigenvalue weighted by Gasteiger charge is -2.15. The van der Waals surface area contributed by atoms with Crippen molar-refractivity contribution in [3.05, 3.63) is 70.8 Å². The van der Waals surface area contributed by atoms with E-state index in [1.165, 1.54) is 27.3 Å². The number of rotatable bonds is 0. The highest BCUT2D eigenvalue weighted by Gasteiger charge is 2.48. The lowest BCUT2D eigenvalue weighted by Crippen LogP contribution is -2.13. The average Bonchev–Trinajstić information content (AvgIpc) is 2.78. The summed E-state index contributed by atoms with van der Waals surface area (Å²) in [6.07, 6.45) is 0. The van der Waals surface area contributed by atoms with Crippen LogP contribution in [0, 0.1) is 0 Å². The van der Waals surface area contributed by atoms with Gasteiger partial charge in [-0.1, -0.05) is 48.5 Å². The van der Waals surface area contributed by atoms with Gasteiger partial charge in [0, 0.05) is 0 Å². The van der Waals surface area contributed by atoms with Gasteiger partial charge in [0.05, 0.1) is 12.1 Å². The topological polar surface area (TPSA) is 23.1 Å². The summed E-state index contributed by atoms with van der Waals surface area (Å²) < 4.78 is 0. The maximum Gasteiger partial charge on any atom is 0.0900 e. The second-order valence-corrected chi connectivity index (χ2v) is 4.42. The fourth-order valence-electron chi connectivity index (χ4n) is 3.05. The summed E-state index contributed by atoms with van der Waals surface area (Å²) in [6, 6.07) is 16.2. The second kappa shape index (κ2) is 2.73.